The maximum Gasteiger partial charge on any atom is 0.413 e. The van der Waals surface area contributed by atoms with Crippen LogP contribution in [0.15, 0.2) is 17.1 Å². The predicted molar refractivity (Wildman–Crippen MR) is 90.5 cm³/mol. The van der Waals surface area contributed by atoms with Crippen molar-refractivity contribution >= 4 is 29.0 Å². The Morgan fingerprint density at radius 1 is 1.39 bits per heavy atom. The van der Waals surface area contributed by atoms with Crippen LogP contribution in [0.2, 0.25) is 0 Å². The molecule has 7 heteroatoms. The monoisotopic (exact) mass is 340 g/mol. The maximum absolute atomic E-state index is 12.4. The topological polar surface area (TPSA) is 77.0 Å². The van der Waals surface area contributed by atoms with Crippen molar-refractivity contribution in [1.82, 2.24) is 5.32 Å². The molecule has 2 aliphatic rings. The molecule has 0 saturated heterocycles. The largest absolute Gasteiger partial charge is 0.465 e. The van der Waals surface area contributed by atoms with E-state index >= 15 is 0 Å². The minimum atomic E-state index is -0.639. The summed E-state index contributed by atoms with van der Waals surface area (Å²) >= 11 is 1.43. The van der Waals surface area contributed by atoms with Gasteiger partial charge in [-0.15, -0.1) is 0 Å². The number of amidine groups is 1. The van der Waals surface area contributed by atoms with Gasteiger partial charge in [0.15, 0.2) is 5.17 Å². The first-order valence-corrected chi connectivity index (χ1v) is 8.78. The molecule has 0 aromatic heterocycles. The predicted octanol–water partition coefficient (Wildman–Crippen LogP) is 2.88. The normalized spacial score (nSPS) is 22.6. The Kier molecular flexibility index (Phi) is 5.39. The number of allylic oxidation sites excluding steroid dienone is 2. The highest BCUT2D eigenvalue weighted by Gasteiger charge is 2.49. The zero-order valence-corrected chi connectivity index (χ0v) is 14.9. The summed E-state index contributed by atoms with van der Waals surface area (Å²) in [6.45, 7) is 7.57. The van der Waals surface area contributed by atoms with Crippen LogP contribution in [0.3, 0.4) is 0 Å². The van der Waals surface area contributed by atoms with Gasteiger partial charge in [-0.2, -0.15) is 0 Å². The number of carbonyl (C=O) groups excluding carboxylic acids is 2. The summed E-state index contributed by atoms with van der Waals surface area (Å²) in [6, 6.07) is -0.202. The molecule has 1 aliphatic carbocycles. The molecule has 1 unspecified atom stereocenters. The lowest BCUT2D eigenvalue weighted by Crippen LogP contribution is -2.41. The van der Waals surface area contributed by atoms with Crippen LogP contribution in [0.5, 0.6) is 0 Å². The number of ether oxygens (including phenoxy) is 2. The Morgan fingerprint density at radius 3 is 2.61 bits per heavy atom. The van der Waals surface area contributed by atoms with Crippen LogP contribution < -0.4 is 5.32 Å². The van der Waals surface area contributed by atoms with Crippen LogP contribution in [-0.4, -0.2) is 41.2 Å². The number of hydrogen-bond acceptors (Lipinski definition) is 6. The molecule has 128 valence electrons. The smallest absolute Gasteiger partial charge is 0.413 e. The van der Waals surface area contributed by atoms with Crippen LogP contribution in [0.4, 0.5) is 4.79 Å². The minimum absolute atomic E-state index is 0.202. The zero-order valence-electron chi connectivity index (χ0n) is 14.0. The van der Waals surface area contributed by atoms with Gasteiger partial charge in [-0.25, -0.2) is 4.79 Å². The number of hydrogen-bond donors (Lipinski definition) is 1. The second-order valence-corrected chi connectivity index (χ2v) is 7.65. The van der Waals surface area contributed by atoms with Crippen molar-refractivity contribution in [3.05, 3.63) is 12.2 Å². The summed E-state index contributed by atoms with van der Waals surface area (Å²) in [4.78, 5) is 28.8. The van der Waals surface area contributed by atoms with Gasteiger partial charge in [0.05, 0.1) is 18.1 Å². The fourth-order valence-electron chi connectivity index (χ4n) is 2.64. The molecule has 0 aromatic rings. The molecule has 1 aliphatic heterocycles. The first-order chi connectivity index (χ1) is 10.8. The van der Waals surface area contributed by atoms with E-state index in [4.69, 9.17) is 9.47 Å². The summed E-state index contributed by atoms with van der Waals surface area (Å²) < 4.78 is 10.5. The van der Waals surface area contributed by atoms with Crippen LogP contribution in [-0.2, 0) is 14.3 Å². The van der Waals surface area contributed by atoms with Gasteiger partial charge in [0.1, 0.15) is 5.60 Å². The van der Waals surface area contributed by atoms with Crippen molar-refractivity contribution in [2.45, 2.75) is 52.2 Å². The maximum atomic E-state index is 12.4. The van der Waals surface area contributed by atoms with Gasteiger partial charge >= 0.3 is 12.1 Å². The van der Waals surface area contributed by atoms with E-state index in [9.17, 15) is 9.59 Å². The highest BCUT2D eigenvalue weighted by molar-refractivity contribution is 8.14. The number of rotatable bonds is 3. The molecule has 0 aromatic carbocycles. The molecule has 23 heavy (non-hydrogen) atoms. The lowest BCUT2D eigenvalue weighted by molar-refractivity contribution is -0.155. The number of amides is 1. The Labute approximate surface area is 141 Å². The van der Waals surface area contributed by atoms with Crippen molar-refractivity contribution < 1.29 is 19.1 Å². The quantitative estimate of drug-likeness (QED) is 0.631. The Morgan fingerprint density at radius 2 is 2.04 bits per heavy atom. The summed E-state index contributed by atoms with van der Waals surface area (Å²) in [7, 11) is 0. The van der Waals surface area contributed by atoms with Crippen LogP contribution >= 0.6 is 11.8 Å². The van der Waals surface area contributed by atoms with Gasteiger partial charge in [-0.3, -0.25) is 15.1 Å². The molecule has 2 rings (SSSR count). The van der Waals surface area contributed by atoms with Gasteiger partial charge in [0, 0.05) is 5.75 Å². The van der Waals surface area contributed by atoms with Gasteiger partial charge in [-0.1, -0.05) is 23.9 Å². The van der Waals surface area contributed by atoms with E-state index in [1.165, 1.54) is 11.8 Å². The number of aliphatic imine (C=N–C) groups is 1. The highest BCUT2D eigenvalue weighted by atomic mass is 32.2. The average molecular weight is 340 g/mol. The molecule has 1 heterocycles. The molecular formula is C16H24N2O4S. The zero-order chi connectivity index (χ0) is 17.1. The Bertz CT molecular complexity index is 529. The minimum Gasteiger partial charge on any atom is -0.465 e. The second-order valence-electron chi connectivity index (χ2n) is 6.64. The Hall–Kier alpha value is -1.50. The molecule has 0 spiro atoms. The van der Waals surface area contributed by atoms with Crippen molar-refractivity contribution in [3.8, 4) is 0 Å². The summed E-state index contributed by atoms with van der Waals surface area (Å²) in [6.07, 6.45) is 4.71. The van der Waals surface area contributed by atoms with E-state index < -0.39 is 17.1 Å². The third-order valence-electron chi connectivity index (χ3n) is 3.71. The fraction of sp³-hybridized carbons (Fsp3) is 0.688. The van der Waals surface area contributed by atoms with Gasteiger partial charge in [0.2, 0.25) is 0 Å². The molecular weight excluding hydrogens is 316 g/mol. The van der Waals surface area contributed by atoms with Crippen molar-refractivity contribution in [1.29, 1.82) is 0 Å². The molecule has 0 fully saturated rings. The van der Waals surface area contributed by atoms with E-state index in [1.54, 1.807) is 27.7 Å². The molecule has 0 saturated carbocycles. The van der Waals surface area contributed by atoms with E-state index in [-0.39, 0.29) is 12.0 Å². The van der Waals surface area contributed by atoms with Gasteiger partial charge in [-0.05, 0) is 40.5 Å². The molecule has 0 radical (unpaired) electrons. The average Bonchev–Trinajstić information content (AvgIpc) is 3.05. The number of esters is 1. The number of thioether (sulfide) groups is 1. The Balaban J connectivity index is 2.05. The van der Waals surface area contributed by atoms with E-state index in [1.807, 2.05) is 12.2 Å². The third-order valence-corrected chi connectivity index (χ3v) is 4.67. The number of carbonyl (C=O) groups is 2. The van der Waals surface area contributed by atoms with Crippen LogP contribution in [0.1, 0.15) is 40.5 Å². The van der Waals surface area contributed by atoms with Crippen LogP contribution in [0.25, 0.3) is 0 Å². The lowest BCUT2D eigenvalue weighted by Gasteiger charge is -2.30. The molecule has 1 N–H and O–H groups in total. The first-order valence-electron chi connectivity index (χ1n) is 7.79. The molecule has 1 atom stereocenters. The van der Waals surface area contributed by atoms with Crippen LogP contribution in [0, 0.1) is 5.41 Å². The van der Waals surface area contributed by atoms with E-state index in [0.717, 1.165) is 0 Å². The fourth-order valence-corrected chi connectivity index (χ4v) is 3.70. The van der Waals surface area contributed by atoms with Gasteiger partial charge in [0.25, 0.3) is 0 Å². The molecule has 1 amide bonds. The third kappa shape index (κ3) is 4.28. The number of nitrogens with zero attached hydrogens (tertiary/aromatic N) is 1. The lowest BCUT2D eigenvalue weighted by atomic mass is 9.79. The molecule has 0 bridgehead atoms. The summed E-state index contributed by atoms with van der Waals surface area (Å²) in [5, 5.41) is 3.16. The highest BCUT2D eigenvalue weighted by Crippen LogP contribution is 2.43. The SMILES string of the molecule is CCOC(=O)C1(C2CSC(NC(=O)OC(C)(C)C)=N2)CC=CC1. The molecule has 6 nitrogen and oxygen atoms in total. The van der Waals surface area contributed by atoms with Crippen molar-refractivity contribution in [2.75, 3.05) is 12.4 Å². The summed E-state index contributed by atoms with van der Waals surface area (Å²) in [5.41, 5.74) is -1.20. The number of alkyl carbamates (subject to hydrolysis) is 1. The van der Waals surface area contributed by atoms with E-state index in [2.05, 4.69) is 10.3 Å². The van der Waals surface area contributed by atoms with Crippen molar-refractivity contribution in [3.63, 3.8) is 0 Å². The second kappa shape index (κ2) is 6.95. The summed E-state index contributed by atoms with van der Waals surface area (Å²) in [5.74, 6) is 0.434. The number of nitrogens with one attached hydrogen (secondary N) is 1. The van der Waals surface area contributed by atoms with Gasteiger partial charge < -0.3 is 9.47 Å². The van der Waals surface area contributed by atoms with Crippen molar-refractivity contribution in [2.24, 2.45) is 10.4 Å². The van der Waals surface area contributed by atoms with E-state index in [0.29, 0.717) is 30.4 Å². The standard InChI is InChI=1S/C16H24N2O4S/c1-5-21-12(19)16(8-6-7-9-16)11-10-23-13(17-11)18-14(20)22-15(2,3)4/h6-7,11H,5,8-10H2,1-4H3,(H,17,18,20). The first kappa shape index (κ1) is 17.8.